The van der Waals surface area contributed by atoms with Crippen molar-refractivity contribution in [2.24, 2.45) is 0 Å². The standard InChI is InChI=1S/C12H11BrN2/c13-6-10-7-15-8-11(12(10)14)9-4-2-1-3-5-9/h1-5,7-8H,6H2,(H2,14,15). The summed E-state index contributed by atoms with van der Waals surface area (Å²) in [6.45, 7) is 0. The summed E-state index contributed by atoms with van der Waals surface area (Å²) in [5, 5.41) is 0.729. The highest BCUT2D eigenvalue weighted by molar-refractivity contribution is 9.08. The number of nitrogen functional groups attached to an aromatic ring is 1. The first-order chi connectivity index (χ1) is 7.33. The molecular formula is C12H11BrN2. The molecule has 0 spiro atoms. The zero-order chi connectivity index (χ0) is 10.7. The van der Waals surface area contributed by atoms with Gasteiger partial charge >= 0.3 is 0 Å². The Labute approximate surface area is 97.3 Å². The van der Waals surface area contributed by atoms with E-state index in [4.69, 9.17) is 5.73 Å². The van der Waals surface area contributed by atoms with Crippen LogP contribution >= 0.6 is 15.9 Å². The molecule has 1 heterocycles. The van der Waals surface area contributed by atoms with Crippen molar-refractivity contribution in [1.29, 1.82) is 0 Å². The van der Waals surface area contributed by atoms with Crippen LogP contribution in [0, 0.1) is 0 Å². The normalized spacial score (nSPS) is 10.2. The lowest BCUT2D eigenvalue weighted by atomic mass is 10.0. The number of benzene rings is 1. The van der Waals surface area contributed by atoms with Gasteiger partial charge in [0.25, 0.3) is 0 Å². The highest BCUT2D eigenvalue weighted by Crippen LogP contribution is 2.28. The fraction of sp³-hybridized carbons (Fsp3) is 0.0833. The average molecular weight is 263 g/mol. The van der Waals surface area contributed by atoms with E-state index >= 15 is 0 Å². The molecule has 0 atom stereocenters. The number of halogens is 1. The van der Waals surface area contributed by atoms with E-state index in [1.807, 2.05) is 30.3 Å². The molecule has 0 saturated heterocycles. The molecule has 1 aromatic heterocycles. The Morgan fingerprint density at radius 2 is 1.87 bits per heavy atom. The number of pyridine rings is 1. The maximum absolute atomic E-state index is 6.06. The van der Waals surface area contributed by atoms with Crippen LogP contribution in [0.4, 0.5) is 5.69 Å². The minimum absolute atomic E-state index is 0.729. The van der Waals surface area contributed by atoms with Crippen LogP contribution in [0.2, 0.25) is 0 Å². The fourth-order valence-corrected chi connectivity index (χ4v) is 1.91. The van der Waals surface area contributed by atoms with Gasteiger partial charge in [-0.1, -0.05) is 46.3 Å². The predicted octanol–water partition coefficient (Wildman–Crippen LogP) is 3.23. The number of nitrogens with two attached hydrogens (primary N) is 1. The summed E-state index contributed by atoms with van der Waals surface area (Å²) in [5.41, 5.74) is 9.97. The van der Waals surface area contributed by atoms with Gasteiger partial charge in [-0.15, -0.1) is 0 Å². The molecule has 3 heteroatoms. The minimum Gasteiger partial charge on any atom is -0.398 e. The molecule has 2 rings (SSSR count). The second-order valence-corrected chi connectivity index (χ2v) is 3.82. The van der Waals surface area contributed by atoms with Crippen molar-refractivity contribution in [2.75, 3.05) is 5.73 Å². The van der Waals surface area contributed by atoms with Crippen LogP contribution in [0.3, 0.4) is 0 Å². The van der Waals surface area contributed by atoms with E-state index in [-0.39, 0.29) is 0 Å². The first-order valence-corrected chi connectivity index (χ1v) is 5.79. The number of anilines is 1. The van der Waals surface area contributed by atoms with Crippen LogP contribution < -0.4 is 5.73 Å². The van der Waals surface area contributed by atoms with Crippen molar-refractivity contribution in [3.05, 3.63) is 48.3 Å². The zero-order valence-electron chi connectivity index (χ0n) is 8.15. The van der Waals surface area contributed by atoms with Gasteiger partial charge in [-0.05, 0) is 5.56 Å². The second kappa shape index (κ2) is 4.45. The molecule has 2 aromatic rings. The van der Waals surface area contributed by atoms with Crippen LogP contribution in [0.15, 0.2) is 42.7 Å². The fourth-order valence-electron chi connectivity index (χ4n) is 1.47. The third kappa shape index (κ3) is 2.02. The molecule has 0 radical (unpaired) electrons. The molecule has 0 aliphatic rings. The highest BCUT2D eigenvalue weighted by Gasteiger charge is 2.06. The van der Waals surface area contributed by atoms with Gasteiger partial charge in [0.1, 0.15) is 0 Å². The lowest BCUT2D eigenvalue weighted by Crippen LogP contribution is -1.96. The van der Waals surface area contributed by atoms with Crippen LogP contribution in [0.25, 0.3) is 11.1 Å². The quantitative estimate of drug-likeness (QED) is 0.845. The van der Waals surface area contributed by atoms with Gasteiger partial charge in [-0.3, -0.25) is 4.98 Å². The Morgan fingerprint density at radius 3 is 2.53 bits per heavy atom. The summed E-state index contributed by atoms with van der Waals surface area (Å²) in [5.74, 6) is 0. The third-order valence-electron chi connectivity index (χ3n) is 2.30. The lowest BCUT2D eigenvalue weighted by molar-refractivity contribution is 1.26. The van der Waals surface area contributed by atoms with E-state index in [2.05, 4.69) is 20.9 Å². The van der Waals surface area contributed by atoms with Gasteiger partial charge in [-0.2, -0.15) is 0 Å². The predicted molar refractivity (Wildman–Crippen MR) is 66.7 cm³/mol. The van der Waals surface area contributed by atoms with Crippen molar-refractivity contribution < 1.29 is 0 Å². The molecule has 0 saturated carbocycles. The summed E-state index contributed by atoms with van der Waals surface area (Å²) in [6.07, 6.45) is 3.59. The number of rotatable bonds is 2. The van der Waals surface area contributed by atoms with Crippen LogP contribution in [0.5, 0.6) is 0 Å². The van der Waals surface area contributed by atoms with Crippen molar-refractivity contribution in [2.45, 2.75) is 5.33 Å². The summed E-state index contributed by atoms with van der Waals surface area (Å²) >= 11 is 3.40. The summed E-state index contributed by atoms with van der Waals surface area (Å²) in [6, 6.07) is 10.0. The first kappa shape index (κ1) is 10.2. The Morgan fingerprint density at radius 1 is 1.13 bits per heavy atom. The number of nitrogens with zero attached hydrogens (tertiary/aromatic N) is 1. The van der Waals surface area contributed by atoms with Crippen molar-refractivity contribution in [1.82, 2.24) is 4.98 Å². The molecule has 0 unspecified atom stereocenters. The molecule has 0 aliphatic carbocycles. The maximum Gasteiger partial charge on any atom is 0.0466 e. The van der Waals surface area contributed by atoms with E-state index in [1.54, 1.807) is 12.4 Å². The first-order valence-electron chi connectivity index (χ1n) is 4.66. The van der Waals surface area contributed by atoms with E-state index in [0.717, 1.165) is 27.7 Å². The molecular weight excluding hydrogens is 252 g/mol. The monoisotopic (exact) mass is 262 g/mol. The molecule has 0 amide bonds. The minimum atomic E-state index is 0.729. The zero-order valence-corrected chi connectivity index (χ0v) is 9.74. The SMILES string of the molecule is Nc1c(CBr)cncc1-c1ccccc1. The van der Waals surface area contributed by atoms with E-state index in [0.29, 0.717) is 0 Å². The molecule has 0 aliphatic heterocycles. The van der Waals surface area contributed by atoms with Crippen LogP contribution in [-0.4, -0.2) is 4.98 Å². The summed E-state index contributed by atoms with van der Waals surface area (Å²) in [4.78, 5) is 4.18. The Balaban J connectivity index is 2.54. The van der Waals surface area contributed by atoms with Crippen LogP contribution in [-0.2, 0) is 5.33 Å². The maximum atomic E-state index is 6.06. The lowest BCUT2D eigenvalue weighted by Gasteiger charge is -2.08. The Bertz CT molecular complexity index is 454. The topological polar surface area (TPSA) is 38.9 Å². The van der Waals surface area contributed by atoms with Gasteiger partial charge in [0, 0.05) is 34.5 Å². The van der Waals surface area contributed by atoms with E-state index in [9.17, 15) is 0 Å². The van der Waals surface area contributed by atoms with Gasteiger partial charge < -0.3 is 5.73 Å². The molecule has 15 heavy (non-hydrogen) atoms. The van der Waals surface area contributed by atoms with Crippen molar-refractivity contribution in [3.63, 3.8) is 0 Å². The smallest absolute Gasteiger partial charge is 0.0466 e. The molecule has 76 valence electrons. The Kier molecular flexibility index (Phi) is 3.02. The third-order valence-corrected chi connectivity index (χ3v) is 2.90. The van der Waals surface area contributed by atoms with Crippen molar-refractivity contribution >= 4 is 21.6 Å². The molecule has 0 fully saturated rings. The molecule has 1 aromatic carbocycles. The molecule has 2 N–H and O–H groups in total. The van der Waals surface area contributed by atoms with E-state index in [1.165, 1.54) is 0 Å². The van der Waals surface area contributed by atoms with Crippen molar-refractivity contribution in [3.8, 4) is 11.1 Å². The number of alkyl halides is 1. The van der Waals surface area contributed by atoms with Crippen LogP contribution in [0.1, 0.15) is 5.56 Å². The summed E-state index contributed by atoms with van der Waals surface area (Å²) in [7, 11) is 0. The average Bonchev–Trinajstić information content (AvgIpc) is 2.30. The second-order valence-electron chi connectivity index (χ2n) is 3.26. The van der Waals surface area contributed by atoms with E-state index < -0.39 is 0 Å². The molecule has 2 nitrogen and oxygen atoms in total. The highest BCUT2D eigenvalue weighted by atomic mass is 79.9. The molecule has 0 bridgehead atoms. The number of hydrogen-bond donors (Lipinski definition) is 1. The number of hydrogen-bond acceptors (Lipinski definition) is 2. The van der Waals surface area contributed by atoms with Gasteiger partial charge in [0.15, 0.2) is 0 Å². The number of aromatic nitrogens is 1. The van der Waals surface area contributed by atoms with Gasteiger partial charge in [0.05, 0.1) is 0 Å². The Hall–Kier alpha value is -1.35. The van der Waals surface area contributed by atoms with Gasteiger partial charge in [-0.25, -0.2) is 0 Å². The largest absolute Gasteiger partial charge is 0.398 e. The summed E-state index contributed by atoms with van der Waals surface area (Å²) < 4.78 is 0. The van der Waals surface area contributed by atoms with Gasteiger partial charge in [0.2, 0.25) is 0 Å².